The minimum atomic E-state index is -0.0677. The Morgan fingerprint density at radius 3 is 3.07 bits per heavy atom. The predicted molar refractivity (Wildman–Crippen MR) is 57.1 cm³/mol. The van der Waals surface area contributed by atoms with Crippen molar-refractivity contribution in [2.45, 2.75) is 25.9 Å². The molecular formula is C9H16ClN3O2. The van der Waals surface area contributed by atoms with Crippen molar-refractivity contribution in [1.29, 1.82) is 0 Å². The van der Waals surface area contributed by atoms with Crippen LogP contribution in [-0.4, -0.2) is 29.8 Å². The van der Waals surface area contributed by atoms with Crippen molar-refractivity contribution in [3.63, 3.8) is 0 Å². The van der Waals surface area contributed by atoms with Crippen LogP contribution in [0, 0.1) is 0 Å². The van der Waals surface area contributed by atoms with Crippen LogP contribution in [0.3, 0.4) is 0 Å². The van der Waals surface area contributed by atoms with Gasteiger partial charge in [-0.05, 0) is 6.42 Å². The lowest BCUT2D eigenvalue weighted by atomic mass is 10.3. The highest BCUT2D eigenvalue weighted by molar-refractivity contribution is 5.85. The molecule has 1 aliphatic rings. The molecule has 0 unspecified atom stereocenters. The van der Waals surface area contributed by atoms with Crippen LogP contribution in [0.15, 0.2) is 4.52 Å². The summed E-state index contributed by atoms with van der Waals surface area (Å²) in [5.74, 6) is 1.37. The number of ether oxygens (including phenoxy) is 1. The zero-order valence-electron chi connectivity index (χ0n) is 8.73. The Labute approximate surface area is 95.0 Å². The summed E-state index contributed by atoms with van der Waals surface area (Å²) < 4.78 is 10.6. The van der Waals surface area contributed by atoms with E-state index in [1.165, 1.54) is 0 Å². The van der Waals surface area contributed by atoms with E-state index < -0.39 is 0 Å². The number of hydrogen-bond donors (Lipinski definition) is 1. The van der Waals surface area contributed by atoms with Crippen molar-refractivity contribution in [2.24, 2.45) is 0 Å². The fourth-order valence-corrected chi connectivity index (χ4v) is 1.45. The lowest BCUT2D eigenvalue weighted by Crippen LogP contribution is -2.33. The van der Waals surface area contributed by atoms with E-state index in [-0.39, 0.29) is 18.5 Å². The maximum Gasteiger partial charge on any atom is 0.257 e. The first-order valence-corrected chi connectivity index (χ1v) is 5.05. The first kappa shape index (κ1) is 12.4. The molecule has 1 N–H and O–H groups in total. The SMILES string of the molecule is CCCc1noc([C@H]2CNCCO2)n1.Cl. The van der Waals surface area contributed by atoms with Crippen molar-refractivity contribution in [3.8, 4) is 0 Å². The van der Waals surface area contributed by atoms with Gasteiger partial charge in [0.1, 0.15) is 6.10 Å². The fraction of sp³-hybridized carbons (Fsp3) is 0.778. The van der Waals surface area contributed by atoms with Crippen molar-refractivity contribution in [2.75, 3.05) is 19.7 Å². The Morgan fingerprint density at radius 2 is 2.40 bits per heavy atom. The molecule has 1 aromatic rings. The van der Waals surface area contributed by atoms with Gasteiger partial charge in [0.05, 0.1) is 6.61 Å². The molecule has 0 spiro atoms. The van der Waals surface area contributed by atoms with Crippen LogP contribution < -0.4 is 5.32 Å². The van der Waals surface area contributed by atoms with Gasteiger partial charge in [-0.3, -0.25) is 0 Å². The maximum atomic E-state index is 5.50. The molecule has 1 saturated heterocycles. The molecule has 0 bridgehead atoms. The average Bonchev–Trinajstić information content (AvgIpc) is 2.68. The summed E-state index contributed by atoms with van der Waals surface area (Å²) in [4.78, 5) is 4.28. The molecule has 0 radical (unpaired) electrons. The molecule has 0 aromatic carbocycles. The van der Waals surface area contributed by atoms with Gasteiger partial charge in [-0.2, -0.15) is 4.98 Å². The first-order chi connectivity index (χ1) is 6.90. The van der Waals surface area contributed by atoms with Gasteiger partial charge < -0.3 is 14.6 Å². The highest BCUT2D eigenvalue weighted by Crippen LogP contribution is 2.16. The minimum absolute atomic E-state index is 0. The average molecular weight is 234 g/mol. The molecule has 1 atom stereocenters. The summed E-state index contributed by atoms with van der Waals surface area (Å²) in [5, 5.41) is 7.11. The number of morpholine rings is 1. The Balaban J connectivity index is 0.00000112. The second kappa shape index (κ2) is 6.05. The smallest absolute Gasteiger partial charge is 0.257 e. The normalized spacial score (nSPS) is 21.0. The number of nitrogens with zero attached hydrogens (tertiary/aromatic N) is 2. The van der Waals surface area contributed by atoms with Gasteiger partial charge >= 0.3 is 0 Å². The third kappa shape index (κ3) is 3.15. The van der Waals surface area contributed by atoms with Crippen molar-refractivity contribution in [1.82, 2.24) is 15.5 Å². The van der Waals surface area contributed by atoms with Gasteiger partial charge in [-0.15, -0.1) is 12.4 Å². The van der Waals surface area contributed by atoms with E-state index in [0.717, 1.165) is 31.8 Å². The van der Waals surface area contributed by atoms with Crippen molar-refractivity contribution < 1.29 is 9.26 Å². The monoisotopic (exact) mass is 233 g/mol. The predicted octanol–water partition coefficient (Wildman–Crippen LogP) is 1.10. The molecule has 1 aromatic heterocycles. The summed E-state index contributed by atoms with van der Waals surface area (Å²) in [7, 11) is 0. The molecule has 0 saturated carbocycles. The van der Waals surface area contributed by atoms with Crippen LogP contribution in [-0.2, 0) is 11.2 Å². The molecule has 2 heterocycles. The van der Waals surface area contributed by atoms with Crippen molar-refractivity contribution >= 4 is 12.4 Å². The van der Waals surface area contributed by atoms with E-state index in [2.05, 4.69) is 22.4 Å². The molecule has 0 amide bonds. The number of rotatable bonds is 3. The van der Waals surface area contributed by atoms with Gasteiger partial charge in [0.15, 0.2) is 5.82 Å². The summed E-state index contributed by atoms with van der Waals surface area (Å²) >= 11 is 0. The van der Waals surface area contributed by atoms with Gasteiger partial charge in [-0.25, -0.2) is 0 Å². The molecule has 2 rings (SSSR count). The highest BCUT2D eigenvalue weighted by Gasteiger charge is 2.21. The Hall–Kier alpha value is -0.650. The number of aryl methyl sites for hydroxylation is 1. The van der Waals surface area contributed by atoms with Crippen LogP contribution in [0.4, 0.5) is 0 Å². The highest BCUT2D eigenvalue weighted by atomic mass is 35.5. The van der Waals surface area contributed by atoms with Gasteiger partial charge in [0.2, 0.25) is 0 Å². The standard InChI is InChI=1S/C9H15N3O2.ClH/c1-2-3-8-11-9(14-12-8)7-6-10-4-5-13-7;/h7,10H,2-6H2,1H3;1H/t7-;/m1./s1. The quantitative estimate of drug-likeness (QED) is 0.848. The lowest BCUT2D eigenvalue weighted by Gasteiger charge is -2.19. The largest absolute Gasteiger partial charge is 0.366 e. The molecule has 86 valence electrons. The maximum absolute atomic E-state index is 5.50. The molecular weight excluding hydrogens is 218 g/mol. The third-order valence-electron chi connectivity index (χ3n) is 2.16. The van der Waals surface area contributed by atoms with Crippen molar-refractivity contribution in [3.05, 3.63) is 11.7 Å². The summed E-state index contributed by atoms with van der Waals surface area (Å²) in [6.07, 6.45) is 1.83. The number of aromatic nitrogens is 2. The van der Waals surface area contributed by atoms with Gasteiger partial charge in [-0.1, -0.05) is 12.1 Å². The Kier molecular flexibility index (Phi) is 5.01. The van der Waals surface area contributed by atoms with Crippen LogP contribution in [0.2, 0.25) is 0 Å². The lowest BCUT2D eigenvalue weighted by molar-refractivity contribution is 0.00755. The summed E-state index contributed by atoms with van der Waals surface area (Å²) in [5.41, 5.74) is 0. The summed E-state index contributed by atoms with van der Waals surface area (Å²) in [6, 6.07) is 0. The number of halogens is 1. The molecule has 1 fully saturated rings. The molecule has 6 heteroatoms. The Morgan fingerprint density at radius 1 is 1.53 bits per heavy atom. The van der Waals surface area contributed by atoms with Gasteiger partial charge in [0, 0.05) is 19.5 Å². The molecule has 1 aliphatic heterocycles. The first-order valence-electron chi connectivity index (χ1n) is 5.05. The molecule has 15 heavy (non-hydrogen) atoms. The van der Waals surface area contributed by atoms with Crippen LogP contribution in [0.5, 0.6) is 0 Å². The van der Waals surface area contributed by atoms with E-state index in [9.17, 15) is 0 Å². The summed E-state index contributed by atoms with van der Waals surface area (Å²) in [6.45, 7) is 4.45. The topological polar surface area (TPSA) is 60.2 Å². The molecule has 5 nitrogen and oxygen atoms in total. The van der Waals surface area contributed by atoms with E-state index in [1.807, 2.05) is 0 Å². The second-order valence-electron chi connectivity index (χ2n) is 3.36. The van der Waals surface area contributed by atoms with E-state index in [4.69, 9.17) is 9.26 Å². The van der Waals surface area contributed by atoms with E-state index >= 15 is 0 Å². The zero-order chi connectivity index (χ0) is 9.80. The number of nitrogens with one attached hydrogen (secondary N) is 1. The molecule has 0 aliphatic carbocycles. The zero-order valence-corrected chi connectivity index (χ0v) is 9.55. The fourth-order valence-electron chi connectivity index (χ4n) is 1.45. The minimum Gasteiger partial charge on any atom is -0.366 e. The third-order valence-corrected chi connectivity index (χ3v) is 2.16. The Bertz CT molecular complexity index is 287. The van der Waals surface area contributed by atoms with Crippen LogP contribution in [0.25, 0.3) is 0 Å². The van der Waals surface area contributed by atoms with Crippen LogP contribution >= 0.6 is 12.4 Å². The van der Waals surface area contributed by atoms with Gasteiger partial charge in [0.25, 0.3) is 5.89 Å². The van der Waals surface area contributed by atoms with E-state index in [1.54, 1.807) is 0 Å². The van der Waals surface area contributed by atoms with Crippen LogP contribution in [0.1, 0.15) is 31.2 Å². The second-order valence-corrected chi connectivity index (χ2v) is 3.36. The number of hydrogen-bond acceptors (Lipinski definition) is 5. The van der Waals surface area contributed by atoms with E-state index in [0.29, 0.717) is 12.5 Å².